The van der Waals surface area contributed by atoms with Gasteiger partial charge in [0, 0.05) is 35.4 Å². The normalized spacial score (nSPS) is 18.1. The maximum absolute atomic E-state index is 5.41. The van der Waals surface area contributed by atoms with Crippen LogP contribution in [0.2, 0.25) is 0 Å². The van der Waals surface area contributed by atoms with E-state index < -0.39 is 0 Å². The molecule has 0 atom stereocenters. The Morgan fingerprint density at radius 1 is 1.19 bits per heavy atom. The van der Waals surface area contributed by atoms with Gasteiger partial charge in [-0.05, 0) is 36.4 Å². The van der Waals surface area contributed by atoms with Crippen LogP contribution in [0.1, 0.15) is 18.9 Å². The number of hydrogen-bond donors (Lipinski definition) is 0. The van der Waals surface area contributed by atoms with Gasteiger partial charge >= 0.3 is 0 Å². The zero-order chi connectivity index (χ0) is 11.0. The van der Waals surface area contributed by atoms with Crippen molar-refractivity contribution in [3.05, 3.63) is 34.9 Å². The van der Waals surface area contributed by atoms with Crippen molar-refractivity contribution in [2.45, 2.75) is 18.9 Å². The van der Waals surface area contributed by atoms with E-state index in [1.807, 2.05) is 0 Å². The summed E-state index contributed by atoms with van der Waals surface area (Å²) in [6.45, 7) is 1.77. The molecule has 0 amide bonds. The average molecular weight is 280 g/mol. The van der Waals surface area contributed by atoms with Gasteiger partial charge < -0.3 is 9.30 Å². The molecule has 0 radical (unpaired) electrons. The third-order valence-electron chi connectivity index (χ3n) is 3.27. The van der Waals surface area contributed by atoms with Gasteiger partial charge in [-0.3, -0.25) is 0 Å². The summed E-state index contributed by atoms with van der Waals surface area (Å²) in [5.41, 5.74) is 1.32. The van der Waals surface area contributed by atoms with Gasteiger partial charge in [-0.2, -0.15) is 0 Å². The van der Waals surface area contributed by atoms with Crippen LogP contribution in [0.15, 0.2) is 34.9 Å². The number of nitrogens with zero attached hydrogens (tertiary/aromatic N) is 1. The summed E-state index contributed by atoms with van der Waals surface area (Å²) in [6, 6.07) is 9.24. The molecule has 1 fully saturated rings. The van der Waals surface area contributed by atoms with Crippen LogP contribution in [0.5, 0.6) is 0 Å². The molecule has 1 aliphatic rings. The molecular weight excluding hydrogens is 266 g/mol. The van der Waals surface area contributed by atoms with Gasteiger partial charge in [-0.25, -0.2) is 0 Å². The number of fused-ring (bicyclic) bond motifs is 1. The second kappa shape index (κ2) is 4.22. The first-order chi connectivity index (χ1) is 7.84. The van der Waals surface area contributed by atoms with Gasteiger partial charge in [0.15, 0.2) is 0 Å². The molecule has 3 heteroatoms. The van der Waals surface area contributed by atoms with Crippen LogP contribution in [-0.4, -0.2) is 17.8 Å². The third-order valence-corrected chi connectivity index (χ3v) is 3.76. The summed E-state index contributed by atoms with van der Waals surface area (Å²) in [6.07, 6.45) is 4.44. The summed E-state index contributed by atoms with van der Waals surface area (Å²) in [5.74, 6) is 0. The van der Waals surface area contributed by atoms with Crippen molar-refractivity contribution in [2.24, 2.45) is 0 Å². The first-order valence-electron chi connectivity index (χ1n) is 5.68. The highest BCUT2D eigenvalue weighted by atomic mass is 79.9. The molecular formula is C13H14BrNO. The Hall–Kier alpha value is -0.800. The summed E-state index contributed by atoms with van der Waals surface area (Å²) >= 11 is 3.54. The first kappa shape index (κ1) is 10.4. The van der Waals surface area contributed by atoms with Crippen molar-refractivity contribution in [1.82, 2.24) is 4.57 Å². The van der Waals surface area contributed by atoms with Gasteiger partial charge in [-0.1, -0.05) is 22.0 Å². The Morgan fingerprint density at radius 2 is 2.00 bits per heavy atom. The lowest BCUT2D eigenvalue weighted by atomic mass is 10.1. The highest BCUT2D eigenvalue weighted by Gasteiger charge is 2.16. The Labute approximate surface area is 103 Å². The maximum Gasteiger partial charge on any atom is 0.0494 e. The fourth-order valence-corrected chi connectivity index (χ4v) is 2.75. The van der Waals surface area contributed by atoms with Crippen molar-refractivity contribution in [3.8, 4) is 0 Å². The molecule has 1 aromatic carbocycles. The molecule has 2 nitrogen and oxygen atoms in total. The van der Waals surface area contributed by atoms with Crippen LogP contribution in [0, 0.1) is 0 Å². The molecule has 0 spiro atoms. The summed E-state index contributed by atoms with van der Waals surface area (Å²) in [5, 5.41) is 1.31. The van der Waals surface area contributed by atoms with E-state index in [9.17, 15) is 0 Å². The first-order valence-corrected chi connectivity index (χ1v) is 6.48. The molecule has 0 unspecified atom stereocenters. The van der Waals surface area contributed by atoms with Crippen molar-refractivity contribution < 1.29 is 4.74 Å². The average Bonchev–Trinajstić information content (AvgIpc) is 2.73. The van der Waals surface area contributed by atoms with Gasteiger partial charge in [-0.15, -0.1) is 0 Å². The zero-order valence-corrected chi connectivity index (χ0v) is 10.6. The Morgan fingerprint density at radius 3 is 2.81 bits per heavy atom. The number of aromatic nitrogens is 1. The molecule has 0 N–H and O–H groups in total. The molecule has 3 rings (SSSR count). The van der Waals surface area contributed by atoms with E-state index in [0.29, 0.717) is 6.04 Å². The SMILES string of the molecule is Brc1ccc2ccn(C3CCOCC3)c2c1. The second-order valence-electron chi connectivity index (χ2n) is 4.27. The molecule has 84 valence electrons. The highest BCUT2D eigenvalue weighted by Crippen LogP contribution is 2.28. The predicted octanol–water partition coefficient (Wildman–Crippen LogP) is 3.76. The maximum atomic E-state index is 5.41. The minimum absolute atomic E-state index is 0.598. The topological polar surface area (TPSA) is 14.2 Å². The minimum Gasteiger partial charge on any atom is -0.381 e. The predicted molar refractivity (Wildman–Crippen MR) is 68.7 cm³/mol. The van der Waals surface area contributed by atoms with Crippen LogP contribution in [-0.2, 0) is 4.74 Å². The van der Waals surface area contributed by atoms with E-state index in [-0.39, 0.29) is 0 Å². The van der Waals surface area contributed by atoms with E-state index in [1.54, 1.807) is 0 Å². The fraction of sp³-hybridized carbons (Fsp3) is 0.385. The highest BCUT2D eigenvalue weighted by molar-refractivity contribution is 9.10. The lowest BCUT2D eigenvalue weighted by Crippen LogP contribution is -2.18. The molecule has 1 aliphatic heterocycles. The van der Waals surface area contributed by atoms with Crippen molar-refractivity contribution in [2.75, 3.05) is 13.2 Å². The molecule has 2 heterocycles. The minimum atomic E-state index is 0.598. The summed E-state index contributed by atoms with van der Waals surface area (Å²) in [7, 11) is 0. The van der Waals surface area contributed by atoms with Gasteiger partial charge in [0.2, 0.25) is 0 Å². The Bertz CT molecular complexity index is 500. The van der Waals surface area contributed by atoms with E-state index >= 15 is 0 Å². The molecule has 0 saturated carbocycles. The molecule has 16 heavy (non-hydrogen) atoms. The smallest absolute Gasteiger partial charge is 0.0494 e. The van der Waals surface area contributed by atoms with Crippen LogP contribution < -0.4 is 0 Å². The molecule has 0 bridgehead atoms. The van der Waals surface area contributed by atoms with Crippen molar-refractivity contribution in [1.29, 1.82) is 0 Å². The number of hydrogen-bond acceptors (Lipinski definition) is 1. The number of ether oxygens (including phenoxy) is 1. The number of halogens is 1. The lowest BCUT2D eigenvalue weighted by molar-refractivity contribution is 0.0707. The quantitative estimate of drug-likeness (QED) is 0.776. The van der Waals surface area contributed by atoms with E-state index in [4.69, 9.17) is 4.74 Å². The monoisotopic (exact) mass is 279 g/mol. The molecule has 0 aliphatic carbocycles. The Balaban J connectivity index is 2.05. The van der Waals surface area contributed by atoms with E-state index in [1.165, 1.54) is 10.9 Å². The van der Waals surface area contributed by atoms with Gasteiger partial charge in [0.1, 0.15) is 0 Å². The van der Waals surface area contributed by atoms with Gasteiger partial charge in [0.05, 0.1) is 0 Å². The lowest BCUT2D eigenvalue weighted by Gasteiger charge is -2.24. The summed E-state index contributed by atoms with van der Waals surface area (Å²) < 4.78 is 8.95. The van der Waals surface area contributed by atoms with Crippen molar-refractivity contribution >= 4 is 26.8 Å². The van der Waals surface area contributed by atoms with Crippen LogP contribution >= 0.6 is 15.9 Å². The zero-order valence-electron chi connectivity index (χ0n) is 9.03. The standard InChI is InChI=1S/C13H14BrNO/c14-11-2-1-10-3-6-15(13(10)9-11)12-4-7-16-8-5-12/h1-3,6,9,12H,4-5,7-8H2. The van der Waals surface area contributed by atoms with Crippen LogP contribution in [0.3, 0.4) is 0 Å². The van der Waals surface area contributed by atoms with E-state index in [2.05, 4.69) is 51.0 Å². The third kappa shape index (κ3) is 1.78. The second-order valence-corrected chi connectivity index (χ2v) is 5.19. The van der Waals surface area contributed by atoms with Crippen LogP contribution in [0.25, 0.3) is 10.9 Å². The van der Waals surface area contributed by atoms with Crippen molar-refractivity contribution in [3.63, 3.8) is 0 Å². The van der Waals surface area contributed by atoms with E-state index in [0.717, 1.165) is 30.5 Å². The van der Waals surface area contributed by atoms with Gasteiger partial charge in [0.25, 0.3) is 0 Å². The van der Waals surface area contributed by atoms with Crippen LogP contribution in [0.4, 0.5) is 0 Å². The molecule has 1 saturated heterocycles. The number of rotatable bonds is 1. The summed E-state index contributed by atoms with van der Waals surface area (Å²) in [4.78, 5) is 0. The molecule has 1 aromatic heterocycles. The molecule has 2 aromatic rings. The number of benzene rings is 1. The largest absolute Gasteiger partial charge is 0.381 e. The Kier molecular flexibility index (Phi) is 2.74. The fourth-order valence-electron chi connectivity index (χ4n) is 2.40.